The molecule has 0 spiro atoms. The summed E-state index contributed by atoms with van der Waals surface area (Å²) in [4.78, 5) is 15.7. The lowest BCUT2D eigenvalue weighted by atomic mass is 10.1. The van der Waals surface area contributed by atoms with Crippen LogP contribution in [0.5, 0.6) is 11.5 Å². The van der Waals surface area contributed by atoms with Crippen molar-refractivity contribution in [3.8, 4) is 11.5 Å². The minimum Gasteiger partial charge on any atom is -0.504 e. The van der Waals surface area contributed by atoms with E-state index in [-0.39, 0.29) is 11.5 Å². The van der Waals surface area contributed by atoms with Gasteiger partial charge in [0, 0.05) is 18.0 Å². The van der Waals surface area contributed by atoms with Gasteiger partial charge in [-0.25, -0.2) is 0 Å². The first-order valence-corrected chi connectivity index (χ1v) is 5.70. The van der Waals surface area contributed by atoms with Crippen LogP contribution in [0.3, 0.4) is 0 Å². The van der Waals surface area contributed by atoms with Gasteiger partial charge in [0.2, 0.25) is 0 Å². The van der Waals surface area contributed by atoms with Crippen molar-refractivity contribution >= 4 is 11.9 Å². The van der Waals surface area contributed by atoms with Crippen LogP contribution in [-0.2, 0) is 0 Å². The second kappa shape index (κ2) is 5.82. The smallest absolute Gasteiger partial charge is 0.187 e. The summed E-state index contributed by atoms with van der Waals surface area (Å²) in [6, 6.07) is 8.34. The van der Waals surface area contributed by atoms with E-state index in [1.54, 1.807) is 36.5 Å². The molecule has 0 saturated heterocycles. The molecule has 0 bridgehead atoms. The van der Waals surface area contributed by atoms with Crippen LogP contribution >= 0.6 is 0 Å². The molecule has 0 aliphatic heterocycles. The molecule has 0 aliphatic carbocycles. The number of pyridine rings is 1. The van der Waals surface area contributed by atoms with E-state index >= 15 is 0 Å². The summed E-state index contributed by atoms with van der Waals surface area (Å²) in [5, 5.41) is 9.62. The Hall–Kier alpha value is -2.62. The van der Waals surface area contributed by atoms with Crippen molar-refractivity contribution in [3.05, 3.63) is 59.9 Å². The second-order valence-corrected chi connectivity index (χ2v) is 3.87. The minimum atomic E-state index is -0.136. The first-order chi connectivity index (χ1) is 9.20. The van der Waals surface area contributed by atoms with E-state index in [0.717, 1.165) is 5.56 Å². The van der Waals surface area contributed by atoms with Gasteiger partial charge in [-0.1, -0.05) is 12.1 Å². The average molecular weight is 255 g/mol. The van der Waals surface area contributed by atoms with Crippen LogP contribution in [0.15, 0.2) is 48.8 Å². The fraction of sp³-hybridized carbons (Fsp3) is 0.0667. The Balaban J connectivity index is 2.15. The van der Waals surface area contributed by atoms with Crippen molar-refractivity contribution in [1.82, 2.24) is 4.98 Å². The maximum atomic E-state index is 11.8. The Bertz CT molecular complexity index is 606. The zero-order valence-corrected chi connectivity index (χ0v) is 10.4. The molecule has 0 aliphatic rings. The van der Waals surface area contributed by atoms with Crippen molar-refractivity contribution in [2.24, 2.45) is 0 Å². The lowest BCUT2D eigenvalue weighted by molar-refractivity contribution is 0.104. The van der Waals surface area contributed by atoms with Crippen LogP contribution in [-0.4, -0.2) is 23.0 Å². The van der Waals surface area contributed by atoms with E-state index in [4.69, 9.17) is 4.74 Å². The summed E-state index contributed by atoms with van der Waals surface area (Å²) >= 11 is 0. The molecular weight excluding hydrogens is 242 g/mol. The number of carbonyl (C=O) groups excluding carboxylic acids is 1. The molecule has 0 saturated carbocycles. The van der Waals surface area contributed by atoms with Gasteiger partial charge < -0.3 is 9.84 Å². The van der Waals surface area contributed by atoms with Crippen LogP contribution < -0.4 is 4.74 Å². The molecule has 2 aromatic rings. The van der Waals surface area contributed by atoms with Gasteiger partial charge >= 0.3 is 0 Å². The second-order valence-electron chi connectivity index (χ2n) is 3.87. The van der Waals surface area contributed by atoms with Crippen LogP contribution in [0.25, 0.3) is 6.08 Å². The number of ether oxygens (including phenoxy) is 1. The summed E-state index contributed by atoms with van der Waals surface area (Å²) in [6.45, 7) is 0. The summed E-state index contributed by atoms with van der Waals surface area (Å²) < 4.78 is 4.95. The highest BCUT2D eigenvalue weighted by atomic mass is 16.5. The summed E-state index contributed by atoms with van der Waals surface area (Å²) in [7, 11) is 1.48. The quantitative estimate of drug-likeness (QED) is 0.674. The number of hydrogen-bond donors (Lipinski definition) is 1. The number of carbonyl (C=O) groups is 1. The molecule has 2 rings (SSSR count). The molecule has 0 amide bonds. The van der Waals surface area contributed by atoms with E-state index in [1.165, 1.54) is 25.4 Å². The van der Waals surface area contributed by atoms with Crippen LogP contribution in [0.2, 0.25) is 0 Å². The van der Waals surface area contributed by atoms with Gasteiger partial charge in [0.15, 0.2) is 17.3 Å². The van der Waals surface area contributed by atoms with E-state index in [1.807, 2.05) is 0 Å². The molecular formula is C15H13NO3. The third-order valence-electron chi connectivity index (χ3n) is 2.58. The van der Waals surface area contributed by atoms with Gasteiger partial charge in [0.25, 0.3) is 0 Å². The van der Waals surface area contributed by atoms with Crippen molar-refractivity contribution in [2.45, 2.75) is 0 Å². The van der Waals surface area contributed by atoms with Gasteiger partial charge in [-0.2, -0.15) is 0 Å². The van der Waals surface area contributed by atoms with E-state index in [9.17, 15) is 9.90 Å². The molecule has 1 aromatic heterocycles. The number of hydrogen-bond acceptors (Lipinski definition) is 4. The molecule has 4 nitrogen and oxygen atoms in total. The number of nitrogens with zero attached hydrogens (tertiary/aromatic N) is 1. The average Bonchev–Trinajstić information content (AvgIpc) is 2.46. The first-order valence-electron chi connectivity index (χ1n) is 5.70. The SMILES string of the molecule is COc1ccc(C=CC(=O)c2cccnc2)cc1O. The van der Waals surface area contributed by atoms with Crippen molar-refractivity contribution in [3.63, 3.8) is 0 Å². The van der Waals surface area contributed by atoms with Gasteiger partial charge in [-0.3, -0.25) is 9.78 Å². The zero-order valence-electron chi connectivity index (χ0n) is 10.4. The van der Waals surface area contributed by atoms with Crippen molar-refractivity contribution < 1.29 is 14.6 Å². The zero-order chi connectivity index (χ0) is 13.7. The maximum absolute atomic E-state index is 11.8. The van der Waals surface area contributed by atoms with Crippen molar-refractivity contribution in [1.29, 1.82) is 0 Å². The normalized spacial score (nSPS) is 10.6. The number of aromatic hydroxyl groups is 1. The number of aromatic nitrogens is 1. The summed E-state index contributed by atoms with van der Waals surface area (Å²) in [5.41, 5.74) is 1.24. The van der Waals surface area contributed by atoms with Gasteiger partial charge in [-0.05, 0) is 35.9 Å². The van der Waals surface area contributed by atoms with E-state index in [0.29, 0.717) is 11.3 Å². The van der Waals surface area contributed by atoms with Crippen LogP contribution in [0.4, 0.5) is 0 Å². The highest BCUT2D eigenvalue weighted by Crippen LogP contribution is 2.26. The van der Waals surface area contributed by atoms with Crippen molar-refractivity contribution in [2.75, 3.05) is 7.11 Å². The Labute approximate surface area is 111 Å². The minimum absolute atomic E-state index is 0.0403. The molecule has 0 atom stereocenters. The molecule has 0 unspecified atom stereocenters. The number of methoxy groups -OCH3 is 1. The molecule has 1 heterocycles. The fourth-order valence-corrected chi connectivity index (χ4v) is 1.59. The first kappa shape index (κ1) is 12.8. The predicted octanol–water partition coefficient (Wildman–Crippen LogP) is 2.69. The lowest BCUT2D eigenvalue weighted by Crippen LogP contribution is -1.94. The number of phenolic OH excluding ortho intramolecular Hbond substituents is 1. The third-order valence-corrected chi connectivity index (χ3v) is 2.58. The van der Waals surface area contributed by atoms with E-state index < -0.39 is 0 Å². The highest BCUT2D eigenvalue weighted by molar-refractivity contribution is 6.06. The van der Waals surface area contributed by atoms with Gasteiger partial charge in [-0.15, -0.1) is 0 Å². The summed E-state index contributed by atoms with van der Waals surface area (Å²) in [6.07, 6.45) is 6.20. The standard InChI is InChI=1S/C15H13NO3/c1-19-15-7-5-11(9-14(15)18)4-6-13(17)12-3-2-8-16-10-12/h2-10,18H,1H3. The van der Waals surface area contributed by atoms with Gasteiger partial charge in [0.1, 0.15) is 0 Å². The molecule has 19 heavy (non-hydrogen) atoms. The Kier molecular flexibility index (Phi) is 3.93. The lowest BCUT2D eigenvalue weighted by Gasteiger charge is -2.03. The molecule has 0 radical (unpaired) electrons. The van der Waals surface area contributed by atoms with E-state index in [2.05, 4.69) is 4.98 Å². The molecule has 0 fully saturated rings. The van der Waals surface area contributed by atoms with Crippen LogP contribution in [0, 0.1) is 0 Å². The Morgan fingerprint density at radius 3 is 2.84 bits per heavy atom. The summed E-state index contributed by atoms with van der Waals surface area (Å²) in [5.74, 6) is 0.303. The Morgan fingerprint density at radius 2 is 2.21 bits per heavy atom. The number of rotatable bonds is 4. The highest BCUT2D eigenvalue weighted by Gasteiger charge is 2.02. The van der Waals surface area contributed by atoms with Crippen LogP contribution in [0.1, 0.15) is 15.9 Å². The molecule has 96 valence electrons. The number of phenols is 1. The molecule has 4 heteroatoms. The largest absolute Gasteiger partial charge is 0.504 e. The molecule has 1 N–H and O–H groups in total. The number of benzene rings is 1. The monoisotopic (exact) mass is 255 g/mol. The fourth-order valence-electron chi connectivity index (χ4n) is 1.59. The number of ketones is 1. The predicted molar refractivity (Wildman–Crippen MR) is 72.3 cm³/mol. The van der Waals surface area contributed by atoms with Gasteiger partial charge in [0.05, 0.1) is 7.11 Å². The topological polar surface area (TPSA) is 59.4 Å². The maximum Gasteiger partial charge on any atom is 0.187 e. The number of allylic oxidation sites excluding steroid dienone is 1. The third kappa shape index (κ3) is 3.19. The Morgan fingerprint density at radius 1 is 1.37 bits per heavy atom. The molecule has 1 aromatic carbocycles.